The Balaban J connectivity index is 1.74. The first-order valence-electron chi connectivity index (χ1n) is 8.85. The molecule has 0 saturated carbocycles. The van der Waals surface area contributed by atoms with Crippen molar-refractivity contribution in [2.24, 2.45) is 0 Å². The standard InChI is InChI=1S/C21H25NO3S/c1-3-4-14-25-21(24)17-7-9-18(10-8-17)22-20(23)13-15-26-19-11-5-16(2)6-12-19/h5-12H,3-4,13-15H2,1-2H3,(H,22,23). The number of thioether (sulfide) groups is 1. The van der Waals surface area contributed by atoms with Gasteiger partial charge in [0.25, 0.3) is 0 Å². The lowest BCUT2D eigenvalue weighted by molar-refractivity contribution is -0.115. The second kappa shape index (κ2) is 10.7. The van der Waals surface area contributed by atoms with E-state index in [-0.39, 0.29) is 11.9 Å². The average Bonchev–Trinajstić information content (AvgIpc) is 2.64. The van der Waals surface area contributed by atoms with E-state index in [1.54, 1.807) is 36.0 Å². The molecule has 0 fully saturated rings. The first kappa shape index (κ1) is 20.0. The molecule has 1 amide bonds. The summed E-state index contributed by atoms with van der Waals surface area (Å²) in [6.45, 7) is 4.54. The number of esters is 1. The Morgan fingerprint density at radius 3 is 2.38 bits per heavy atom. The number of hydrogen-bond acceptors (Lipinski definition) is 4. The number of amides is 1. The zero-order chi connectivity index (χ0) is 18.8. The summed E-state index contributed by atoms with van der Waals surface area (Å²) < 4.78 is 5.16. The molecule has 0 aliphatic heterocycles. The summed E-state index contributed by atoms with van der Waals surface area (Å²) in [5, 5.41) is 2.85. The molecule has 0 bridgehead atoms. The summed E-state index contributed by atoms with van der Waals surface area (Å²) in [6, 6.07) is 15.1. The number of ether oxygens (including phenoxy) is 1. The van der Waals surface area contributed by atoms with Gasteiger partial charge in [-0.15, -0.1) is 11.8 Å². The normalized spacial score (nSPS) is 10.4. The Labute approximate surface area is 159 Å². The molecule has 0 aliphatic carbocycles. The molecule has 138 valence electrons. The van der Waals surface area contributed by atoms with Gasteiger partial charge in [0.15, 0.2) is 0 Å². The fraction of sp³-hybridized carbons (Fsp3) is 0.333. The molecule has 26 heavy (non-hydrogen) atoms. The molecule has 4 nitrogen and oxygen atoms in total. The molecule has 2 rings (SSSR count). The van der Waals surface area contributed by atoms with E-state index in [1.165, 1.54) is 5.56 Å². The third-order valence-corrected chi connectivity index (χ3v) is 4.77. The Bertz CT molecular complexity index is 711. The van der Waals surface area contributed by atoms with E-state index in [1.807, 2.05) is 6.92 Å². The van der Waals surface area contributed by atoms with Crippen LogP contribution in [0.4, 0.5) is 5.69 Å². The number of rotatable bonds is 9. The molecular formula is C21H25NO3S. The van der Waals surface area contributed by atoms with Crippen molar-refractivity contribution in [3.8, 4) is 0 Å². The second-order valence-electron chi connectivity index (χ2n) is 6.03. The van der Waals surface area contributed by atoms with Crippen LogP contribution in [0.3, 0.4) is 0 Å². The zero-order valence-corrected chi connectivity index (χ0v) is 16.1. The summed E-state index contributed by atoms with van der Waals surface area (Å²) in [7, 11) is 0. The van der Waals surface area contributed by atoms with Gasteiger partial charge in [-0.2, -0.15) is 0 Å². The molecule has 0 unspecified atom stereocenters. The highest BCUT2D eigenvalue weighted by Gasteiger charge is 2.08. The predicted molar refractivity (Wildman–Crippen MR) is 107 cm³/mol. The summed E-state index contributed by atoms with van der Waals surface area (Å²) in [6.07, 6.45) is 2.28. The van der Waals surface area contributed by atoms with Crippen LogP contribution in [-0.2, 0) is 9.53 Å². The maximum absolute atomic E-state index is 12.0. The molecule has 0 heterocycles. The van der Waals surface area contributed by atoms with Crippen molar-refractivity contribution in [3.63, 3.8) is 0 Å². The minimum atomic E-state index is -0.328. The number of carbonyl (C=O) groups is 2. The summed E-state index contributed by atoms with van der Waals surface area (Å²) in [5.74, 6) is 0.352. The summed E-state index contributed by atoms with van der Waals surface area (Å²) in [5.41, 5.74) is 2.40. The van der Waals surface area contributed by atoms with Crippen molar-refractivity contribution in [1.29, 1.82) is 0 Å². The molecule has 2 aromatic carbocycles. The Morgan fingerprint density at radius 2 is 1.73 bits per heavy atom. The molecule has 1 N–H and O–H groups in total. The van der Waals surface area contributed by atoms with E-state index in [0.29, 0.717) is 24.3 Å². The van der Waals surface area contributed by atoms with Gasteiger partial charge in [-0.25, -0.2) is 4.79 Å². The van der Waals surface area contributed by atoms with Crippen molar-refractivity contribution >= 4 is 29.3 Å². The van der Waals surface area contributed by atoms with Crippen LogP contribution in [0.15, 0.2) is 53.4 Å². The molecule has 0 radical (unpaired) electrons. The quantitative estimate of drug-likeness (QED) is 0.380. The molecule has 5 heteroatoms. The van der Waals surface area contributed by atoms with Crippen molar-refractivity contribution < 1.29 is 14.3 Å². The zero-order valence-electron chi connectivity index (χ0n) is 15.3. The maximum Gasteiger partial charge on any atom is 0.338 e. The fourth-order valence-corrected chi connectivity index (χ4v) is 3.05. The topological polar surface area (TPSA) is 55.4 Å². The van der Waals surface area contributed by atoms with E-state index in [2.05, 4.69) is 36.5 Å². The molecule has 0 spiro atoms. The van der Waals surface area contributed by atoms with Crippen LogP contribution < -0.4 is 5.32 Å². The van der Waals surface area contributed by atoms with Crippen molar-refractivity contribution in [3.05, 3.63) is 59.7 Å². The lowest BCUT2D eigenvalue weighted by Gasteiger charge is -2.07. The van der Waals surface area contributed by atoms with E-state index < -0.39 is 0 Å². The van der Waals surface area contributed by atoms with E-state index >= 15 is 0 Å². The molecule has 0 atom stereocenters. The smallest absolute Gasteiger partial charge is 0.338 e. The van der Waals surface area contributed by atoms with Gasteiger partial charge in [0.05, 0.1) is 12.2 Å². The van der Waals surface area contributed by atoms with Crippen LogP contribution in [0.2, 0.25) is 0 Å². The van der Waals surface area contributed by atoms with Crippen LogP contribution in [0.5, 0.6) is 0 Å². The summed E-state index contributed by atoms with van der Waals surface area (Å²) in [4.78, 5) is 25.0. The number of aryl methyl sites for hydroxylation is 1. The third kappa shape index (κ3) is 6.92. The third-order valence-electron chi connectivity index (χ3n) is 3.75. The van der Waals surface area contributed by atoms with Gasteiger partial charge >= 0.3 is 5.97 Å². The van der Waals surface area contributed by atoms with Crippen LogP contribution in [0.1, 0.15) is 42.1 Å². The molecule has 0 saturated heterocycles. The van der Waals surface area contributed by atoms with Crippen molar-refractivity contribution in [1.82, 2.24) is 0 Å². The Morgan fingerprint density at radius 1 is 1.04 bits per heavy atom. The van der Waals surface area contributed by atoms with Crippen molar-refractivity contribution in [2.45, 2.75) is 38.0 Å². The highest BCUT2D eigenvalue weighted by atomic mass is 32.2. The first-order chi connectivity index (χ1) is 12.6. The maximum atomic E-state index is 12.0. The van der Waals surface area contributed by atoms with Gasteiger partial charge in [-0.3, -0.25) is 4.79 Å². The SMILES string of the molecule is CCCCOC(=O)c1ccc(NC(=O)CCSc2ccc(C)cc2)cc1. The first-order valence-corrected chi connectivity index (χ1v) is 9.83. The highest BCUT2D eigenvalue weighted by Crippen LogP contribution is 2.19. The largest absolute Gasteiger partial charge is 0.462 e. The van der Waals surface area contributed by atoms with E-state index in [0.717, 1.165) is 23.5 Å². The lowest BCUT2D eigenvalue weighted by atomic mass is 10.2. The Kier molecular flexibility index (Phi) is 8.22. The van der Waals surface area contributed by atoms with Crippen LogP contribution in [0.25, 0.3) is 0 Å². The van der Waals surface area contributed by atoms with Gasteiger partial charge in [0.2, 0.25) is 5.91 Å². The second-order valence-corrected chi connectivity index (χ2v) is 7.19. The van der Waals surface area contributed by atoms with Crippen LogP contribution in [0, 0.1) is 6.92 Å². The van der Waals surface area contributed by atoms with Gasteiger partial charge in [0, 0.05) is 22.8 Å². The number of carbonyl (C=O) groups excluding carboxylic acids is 2. The molecular weight excluding hydrogens is 346 g/mol. The fourth-order valence-electron chi connectivity index (χ4n) is 2.20. The molecule has 0 aliphatic rings. The van der Waals surface area contributed by atoms with Gasteiger partial charge < -0.3 is 10.1 Å². The van der Waals surface area contributed by atoms with Crippen LogP contribution >= 0.6 is 11.8 Å². The highest BCUT2D eigenvalue weighted by molar-refractivity contribution is 7.99. The number of hydrogen-bond donors (Lipinski definition) is 1. The van der Waals surface area contributed by atoms with Crippen molar-refractivity contribution in [2.75, 3.05) is 17.7 Å². The number of anilines is 1. The number of nitrogens with one attached hydrogen (secondary N) is 1. The number of unbranched alkanes of at least 4 members (excludes halogenated alkanes) is 1. The number of benzene rings is 2. The minimum Gasteiger partial charge on any atom is -0.462 e. The predicted octanol–water partition coefficient (Wildman–Crippen LogP) is 5.07. The monoisotopic (exact) mass is 371 g/mol. The minimum absolute atomic E-state index is 0.0390. The van der Waals surface area contributed by atoms with Gasteiger partial charge in [-0.05, 0) is 49.7 Å². The van der Waals surface area contributed by atoms with E-state index in [9.17, 15) is 9.59 Å². The van der Waals surface area contributed by atoms with Crippen LogP contribution in [-0.4, -0.2) is 24.2 Å². The van der Waals surface area contributed by atoms with Gasteiger partial charge in [-0.1, -0.05) is 31.0 Å². The average molecular weight is 372 g/mol. The molecule has 2 aromatic rings. The molecule has 0 aromatic heterocycles. The van der Waals surface area contributed by atoms with Gasteiger partial charge in [0.1, 0.15) is 0 Å². The summed E-state index contributed by atoms with van der Waals surface area (Å²) >= 11 is 1.66. The lowest BCUT2D eigenvalue weighted by Crippen LogP contribution is -2.12. The van der Waals surface area contributed by atoms with E-state index in [4.69, 9.17) is 4.74 Å². The Hall–Kier alpha value is -2.27.